The molecule has 2 aliphatic heterocycles. The van der Waals surface area contributed by atoms with Gasteiger partial charge in [-0.15, -0.1) is 0 Å². The van der Waals surface area contributed by atoms with Crippen molar-refractivity contribution >= 4 is 17.6 Å². The van der Waals surface area contributed by atoms with E-state index >= 15 is 0 Å². The summed E-state index contributed by atoms with van der Waals surface area (Å²) in [5.74, 6) is -0.707. The smallest absolute Gasteiger partial charge is 0.337 e. The maximum absolute atomic E-state index is 12.2. The maximum Gasteiger partial charge on any atom is 0.337 e. The van der Waals surface area contributed by atoms with Gasteiger partial charge in [-0.2, -0.15) is 0 Å². The summed E-state index contributed by atoms with van der Waals surface area (Å²) in [6.45, 7) is 0. The van der Waals surface area contributed by atoms with E-state index in [0.29, 0.717) is 30.1 Å². The van der Waals surface area contributed by atoms with Gasteiger partial charge in [-0.3, -0.25) is 4.79 Å². The SMILES string of the molecule is O=C(CC1CC2CCC(C1)N2)Nc1ccccc1C(=O)O. The Morgan fingerprint density at radius 1 is 1.19 bits per heavy atom. The minimum Gasteiger partial charge on any atom is -0.478 e. The van der Waals surface area contributed by atoms with Crippen LogP contribution in [0.1, 0.15) is 42.5 Å². The number of piperidine rings is 1. The van der Waals surface area contributed by atoms with E-state index in [1.54, 1.807) is 18.2 Å². The maximum atomic E-state index is 12.2. The van der Waals surface area contributed by atoms with Crippen molar-refractivity contribution in [1.29, 1.82) is 0 Å². The second kappa shape index (κ2) is 5.85. The van der Waals surface area contributed by atoms with E-state index in [2.05, 4.69) is 10.6 Å². The number of benzene rings is 1. The number of hydrogen-bond donors (Lipinski definition) is 3. The molecule has 1 amide bonds. The number of aromatic carboxylic acids is 1. The van der Waals surface area contributed by atoms with Crippen LogP contribution in [0.4, 0.5) is 5.69 Å². The number of carboxylic acids is 1. The number of nitrogens with one attached hydrogen (secondary N) is 2. The first-order valence-electron chi connectivity index (χ1n) is 7.50. The molecule has 2 aliphatic rings. The van der Waals surface area contributed by atoms with Gasteiger partial charge in [-0.25, -0.2) is 4.79 Å². The molecule has 0 radical (unpaired) electrons. The van der Waals surface area contributed by atoms with Crippen LogP contribution < -0.4 is 10.6 Å². The van der Waals surface area contributed by atoms with Crippen LogP contribution >= 0.6 is 0 Å². The summed E-state index contributed by atoms with van der Waals surface area (Å²) in [5.41, 5.74) is 0.517. The lowest BCUT2D eigenvalue weighted by molar-refractivity contribution is -0.117. The largest absolute Gasteiger partial charge is 0.478 e. The van der Waals surface area contributed by atoms with Crippen molar-refractivity contribution in [3.63, 3.8) is 0 Å². The van der Waals surface area contributed by atoms with E-state index in [0.717, 1.165) is 12.8 Å². The molecule has 0 spiro atoms. The summed E-state index contributed by atoms with van der Waals surface area (Å²) in [6.07, 6.45) is 4.99. The quantitative estimate of drug-likeness (QED) is 0.794. The van der Waals surface area contributed by atoms with E-state index in [4.69, 9.17) is 5.11 Å². The summed E-state index contributed by atoms with van der Waals surface area (Å²) in [4.78, 5) is 23.3. The van der Waals surface area contributed by atoms with Gasteiger partial charge in [0.15, 0.2) is 0 Å². The topological polar surface area (TPSA) is 78.4 Å². The van der Waals surface area contributed by atoms with Gasteiger partial charge in [0, 0.05) is 18.5 Å². The van der Waals surface area contributed by atoms with Crippen LogP contribution in [0.5, 0.6) is 0 Å². The van der Waals surface area contributed by atoms with Gasteiger partial charge in [-0.1, -0.05) is 12.1 Å². The van der Waals surface area contributed by atoms with Gasteiger partial charge in [-0.05, 0) is 43.7 Å². The molecule has 2 atom stereocenters. The molecule has 3 N–H and O–H groups in total. The van der Waals surface area contributed by atoms with E-state index in [1.165, 1.54) is 18.9 Å². The molecule has 0 saturated carbocycles. The molecule has 3 rings (SSSR count). The second-order valence-electron chi connectivity index (χ2n) is 6.08. The van der Waals surface area contributed by atoms with E-state index in [9.17, 15) is 9.59 Å². The Kier molecular flexibility index (Phi) is 3.92. The zero-order valence-electron chi connectivity index (χ0n) is 11.8. The van der Waals surface area contributed by atoms with Crippen molar-refractivity contribution in [3.05, 3.63) is 29.8 Å². The van der Waals surface area contributed by atoms with Crippen LogP contribution in [0, 0.1) is 5.92 Å². The number of anilines is 1. The third-order valence-electron chi connectivity index (χ3n) is 4.48. The summed E-state index contributed by atoms with van der Waals surface area (Å²) >= 11 is 0. The van der Waals surface area contributed by atoms with Crippen LogP contribution in [0.25, 0.3) is 0 Å². The number of carbonyl (C=O) groups is 2. The summed E-state index contributed by atoms with van der Waals surface area (Å²) in [5, 5.41) is 15.4. The number of carboxylic acid groups (broad SMARTS) is 1. The Balaban J connectivity index is 1.61. The average Bonchev–Trinajstić information content (AvgIpc) is 2.78. The highest BCUT2D eigenvalue weighted by Crippen LogP contribution is 2.32. The molecule has 2 bridgehead atoms. The fourth-order valence-corrected chi connectivity index (χ4v) is 3.58. The minimum atomic E-state index is -1.02. The molecular formula is C16H20N2O3. The highest BCUT2D eigenvalue weighted by molar-refractivity contribution is 6.00. The lowest BCUT2D eigenvalue weighted by atomic mass is 9.89. The van der Waals surface area contributed by atoms with Gasteiger partial charge < -0.3 is 15.7 Å². The zero-order valence-corrected chi connectivity index (χ0v) is 11.8. The Morgan fingerprint density at radius 3 is 2.52 bits per heavy atom. The monoisotopic (exact) mass is 288 g/mol. The number of para-hydroxylation sites is 1. The summed E-state index contributed by atoms with van der Waals surface area (Å²) < 4.78 is 0. The van der Waals surface area contributed by atoms with E-state index in [-0.39, 0.29) is 11.5 Å². The summed E-state index contributed by atoms with van der Waals surface area (Å²) in [7, 11) is 0. The molecule has 2 fully saturated rings. The molecule has 5 heteroatoms. The van der Waals surface area contributed by atoms with Crippen LogP contribution in [-0.4, -0.2) is 29.1 Å². The second-order valence-corrected chi connectivity index (χ2v) is 6.08. The number of carbonyl (C=O) groups excluding carboxylic acids is 1. The Labute approximate surface area is 123 Å². The Morgan fingerprint density at radius 2 is 1.86 bits per heavy atom. The fraction of sp³-hybridized carbons (Fsp3) is 0.500. The van der Waals surface area contributed by atoms with Gasteiger partial charge in [0.1, 0.15) is 0 Å². The summed E-state index contributed by atoms with van der Waals surface area (Å²) in [6, 6.07) is 7.65. The molecular weight excluding hydrogens is 268 g/mol. The molecule has 0 aliphatic carbocycles. The van der Waals surface area contributed by atoms with Crippen LogP contribution in [-0.2, 0) is 4.79 Å². The van der Waals surface area contributed by atoms with Crippen LogP contribution in [0.15, 0.2) is 24.3 Å². The Hall–Kier alpha value is -1.88. The van der Waals surface area contributed by atoms with Gasteiger partial charge in [0.25, 0.3) is 0 Å². The molecule has 112 valence electrons. The first kappa shape index (κ1) is 14.1. The molecule has 2 heterocycles. The van der Waals surface area contributed by atoms with E-state index in [1.807, 2.05) is 0 Å². The predicted octanol–water partition coefficient (Wildman–Crippen LogP) is 2.24. The van der Waals surface area contributed by atoms with Crippen molar-refractivity contribution in [2.45, 2.75) is 44.2 Å². The first-order chi connectivity index (χ1) is 10.1. The molecule has 0 aromatic heterocycles. The lowest BCUT2D eigenvalue weighted by Crippen LogP contribution is -2.39. The minimum absolute atomic E-state index is 0.0880. The lowest BCUT2D eigenvalue weighted by Gasteiger charge is -2.28. The molecule has 21 heavy (non-hydrogen) atoms. The third-order valence-corrected chi connectivity index (χ3v) is 4.48. The number of hydrogen-bond acceptors (Lipinski definition) is 3. The molecule has 1 aromatic rings. The molecule has 2 unspecified atom stereocenters. The number of amides is 1. The van der Waals surface area contributed by atoms with Gasteiger partial charge >= 0.3 is 5.97 Å². The van der Waals surface area contributed by atoms with Crippen molar-refractivity contribution in [2.24, 2.45) is 5.92 Å². The third kappa shape index (κ3) is 3.24. The zero-order chi connectivity index (χ0) is 14.8. The van der Waals surface area contributed by atoms with Gasteiger partial charge in [0.2, 0.25) is 5.91 Å². The van der Waals surface area contributed by atoms with Crippen molar-refractivity contribution in [2.75, 3.05) is 5.32 Å². The van der Waals surface area contributed by atoms with Crippen LogP contribution in [0.2, 0.25) is 0 Å². The van der Waals surface area contributed by atoms with Crippen molar-refractivity contribution in [1.82, 2.24) is 5.32 Å². The van der Waals surface area contributed by atoms with Crippen molar-refractivity contribution < 1.29 is 14.7 Å². The van der Waals surface area contributed by atoms with Crippen molar-refractivity contribution in [3.8, 4) is 0 Å². The normalized spacial score (nSPS) is 27.3. The standard InChI is InChI=1S/C16H20N2O3/c19-15(9-10-7-11-5-6-12(8-10)17-11)18-14-4-2-1-3-13(14)16(20)21/h1-4,10-12,17H,5-9H2,(H,18,19)(H,20,21). The Bertz CT molecular complexity index is 546. The molecule has 1 aromatic carbocycles. The fourth-order valence-electron chi connectivity index (χ4n) is 3.58. The van der Waals surface area contributed by atoms with E-state index < -0.39 is 5.97 Å². The average molecular weight is 288 g/mol. The molecule has 2 saturated heterocycles. The highest BCUT2D eigenvalue weighted by Gasteiger charge is 2.34. The molecule has 5 nitrogen and oxygen atoms in total. The van der Waals surface area contributed by atoms with Crippen LogP contribution in [0.3, 0.4) is 0 Å². The highest BCUT2D eigenvalue weighted by atomic mass is 16.4. The first-order valence-corrected chi connectivity index (χ1v) is 7.50. The number of fused-ring (bicyclic) bond motifs is 2. The number of rotatable bonds is 4. The predicted molar refractivity (Wildman–Crippen MR) is 79.3 cm³/mol. The van der Waals surface area contributed by atoms with Gasteiger partial charge in [0.05, 0.1) is 11.3 Å².